The van der Waals surface area contributed by atoms with Crippen molar-refractivity contribution in [2.45, 2.75) is 72.3 Å². The van der Waals surface area contributed by atoms with Crippen molar-refractivity contribution in [2.75, 3.05) is 6.54 Å². The largest absolute Gasteiger partial charge is 0.312 e. The molecule has 0 aliphatic carbocycles. The highest BCUT2D eigenvalue weighted by molar-refractivity contribution is 5.29. The quantitative estimate of drug-likeness (QED) is 0.775. The Morgan fingerprint density at radius 3 is 2.25 bits per heavy atom. The summed E-state index contributed by atoms with van der Waals surface area (Å²) in [6, 6.07) is 9.15. The Kier molecular flexibility index (Phi) is 5.82. The number of rotatable bonds is 6. The molecule has 0 saturated heterocycles. The van der Waals surface area contributed by atoms with Gasteiger partial charge >= 0.3 is 0 Å². The summed E-state index contributed by atoms with van der Waals surface area (Å²) in [5, 5.41) is 3.59. The van der Waals surface area contributed by atoms with Crippen molar-refractivity contribution in [3.8, 4) is 0 Å². The van der Waals surface area contributed by atoms with Gasteiger partial charge in [0.05, 0.1) is 0 Å². The molecule has 114 valence electrons. The first-order valence-corrected chi connectivity index (χ1v) is 7.94. The standard InChI is InChI=1S/C19H33N/c1-15(2)13-16-9-8-10-17(14-16)19(6,7)11-12-20-18(3,4)5/h8-10,14-15,20H,11-13H2,1-7H3. The highest BCUT2D eigenvalue weighted by atomic mass is 14.9. The summed E-state index contributed by atoms with van der Waals surface area (Å²) in [4.78, 5) is 0. The highest BCUT2D eigenvalue weighted by Crippen LogP contribution is 2.28. The second-order valence-electron chi connectivity index (χ2n) is 8.11. The molecular weight excluding hydrogens is 242 g/mol. The van der Waals surface area contributed by atoms with Gasteiger partial charge in [-0.05, 0) is 62.6 Å². The van der Waals surface area contributed by atoms with E-state index in [1.165, 1.54) is 17.5 Å². The van der Waals surface area contributed by atoms with Crippen molar-refractivity contribution in [1.82, 2.24) is 5.32 Å². The summed E-state index contributed by atoms with van der Waals surface area (Å²) in [5.74, 6) is 0.718. The van der Waals surface area contributed by atoms with Crippen LogP contribution in [0, 0.1) is 5.92 Å². The van der Waals surface area contributed by atoms with Gasteiger partial charge in [-0.3, -0.25) is 0 Å². The van der Waals surface area contributed by atoms with Crippen LogP contribution in [0.1, 0.15) is 66.0 Å². The summed E-state index contributed by atoms with van der Waals surface area (Å²) < 4.78 is 0. The van der Waals surface area contributed by atoms with Crippen LogP contribution in [-0.4, -0.2) is 12.1 Å². The van der Waals surface area contributed by atoms with Gasteiger partial charge < -0.3 is 5.32 Å². The minimum Gasteiger partial charge on any atom is -0.312 e. The topological polar surface area (TPSA) is 12.0 Å². The van der Waals surface area contributed by atoms with E-state index in [1.807, 2.05) is 0 Å². The average Bonchev–Trinajstić information content (AvgIpc) is 2.26. The van der Waals surface area contributed by atoms with Crippen molar-refractivity contribution in [2.24, 2.45) is 5.92 Å². The zero-order valence-corrected chi connectivity index (χ0v) is 14.5. The molecular formula is C19H33N. The normalized spacial score (nSPS) is 13.0. The van der Waals surface area contributed by atoms with Crippen LogP contribution >= 0.6 is 0 Å². The van der Waals surface area contributed by atoms with Gasteiger partial charge in [-0.25, -0.2) is 0 Å². The molecule has 0 amide bonds. The van der Waals surface area contributed by atoms with Gasteiger partial charge in [-0.1, -0.05) is 52.0 Å². The maximum absolute atomic E-state index is 3.59. The van der Waals surface area contributed by atoms with E-state index in [-0.39, 0.29) is 11.0 Å². The van der Waals surface area contributed by atoms with E-state index in [1.54, 1.807) is 0 Å². The highest BCUT2D eigenvalue weighted by Gasteiger charge is 2.21. The monoisotopic (exact) mass is 275 g/mol. The van der Waals surface area contributed by atoms with Crippen LogP contribution in [0.5, 0.6) is 0 Å². The Balaban J connectivity index is 2.71. The molecule has 1 rings (SSSR count). The lowest BCUT2D eigenvalue weighted by Crippen LogP contribution is -2.38. The van der Waals surface area contributed by atoms with Crippen molar-refractivity contribution < 1.29 is 0 Å². The van der Waals surface area contributed by atoms with Crippen molar-refractivity contribution in [3.63, 3.8) is 0 Å². The molecule has 0 bridgehead atoms. The van der Waals surface area contributed by atoms with Crippen LogP contribution in [0.3, 0.4) is 0 Å². The molecule has 0 fully saturated rings. The summed E-state index contributed by atoms with van der Waals surface area (Å²) in [6.45, 7) is 17.0. The van der Waals surface area contributed by atoms with Crippen molar-refractivity contribution >= 4 is 0 Å². The molecule has 0 aliphatic rings. The van der Waals surface area contributed by atoms with Gasteiger partial charge in [0.2, 0.25) is 0 Å². The SMILES string of the molecule is CC(C)Cc1cccc(C(C)(C)CCNC(C)(C)C)c1. The summed E-state index contributed by atoms with van der Waals surface area (Å²) in [7, 11) is 0. The molecule has 1 nitrogen and oxygen atoms in total. The fraction of sp³-hybridized carbons (Fsp3) is 0.684. The van der Waals surface area contributed by atoms with Gasteiger partial charge in [0.25, 0.3) is 0 Å². The van der Waals surface area contributed by atoms with Crippen LogP contribution in [0.4, 0.5) is 0 Å². The number of nitrogens with one attached hydrogen (secondary N) is 1. The number of hydrogen-bond acceptors (Lipinski definition) is 1. The summed E-state index contributed by atoms with van der Waals surface area (Å²) >= 11 is 0. The third-order valence-corrected chi connectivity index (χ3v) is 3.76. The molecule has 0 atom stereocenters. The van der Waals surface area contributed by atoms with E-state index < -0.39 is 0 Å². The third-order valence-electron chi connectivity index (χ3n) is 3.76. The molecule has 0 saturated carbocycles. The van der Waals surface area contributed by atoms with E-state index in [4.69, 9.17) is 0 Å². The average molecular weight is 275 g/mol. The molecule has 1 heteroatoms. The van der Waals surface area contributed by atoms with Crippen LogP contribution < -0.4 is 5.32 Å². The minimum absolute atomic E-state index is 0.204. The lowest BCUT2D eigenvalue weighted by molar-refractivity contribution is 0.379. The first kappa shape index (κ1) is 17.2. The molecule has 0 spiro atoms. The Morgan fingerprint density at radius 1 is 1.05 bits per heavy atom. The Labute approximate surface area is 126 Å². The molecule has 0 unspecified atom stereocenters. The Morgan fingerprint density at radius 2 is 1.70 bits per heavy atom. The van der Waals surface area contributed by atoms with E-state index in [2.05, 4.69) is 78.0 Å². The van der Waals surface area contributed by atoms with Crippen LogP contribution in [0.2, 0.25) is 0 Å². The molecule has 1 aromatic rings. The second-order valence-corrected chi connectivity index (χ2v) is 8.11. The third kappa shape index (κ3) is 6.09. The van der Waals surface area contributed by atoms with Gasteiger partial charge in [0, 0.05) is 5.54 Å². The van der Waals surface area contributed by atoms with Gasteiger partial charge in [-0.15, -0.1) is 0 Å². The maximum atomic E-state index is 3.59. The maximum Gasteiger partial charge on any atom is 0.00965 e. The Hall–Kier alpha value is -0.820. The predicted octanol–water partition coefficient (Wildman–Crippen LogP) is 4.94. The number of benzene rings is 1. The zero-order chi connectivity index (χ0) is 15.4. The molecule has 1 N–H and O–H groups in total. The second kappa shape index (κ2) is 6.76. The molecule has 0 heterocycles. The first-order chi connectivity index (χ1) is 9.10. The van der Waals surface area contributed by atoms with Crippen LogP contribution in [-0.2, 0) is 11.8 Å². The van der Waals surface area contributed by atoms with Crippen LogP contribution in [0.15, 0.2) is 24.3 Å². The minimum atomic E-state index is 0.204. The fourth-order valence-corrected chi connectivity index (χ4v) is 2.49. The zero-order valence-electron chi connectivity index (χ0n) is 14.5. The van der Waals surface area contributed by atoms with E-state index in [0.29, 0.717) is 0 Å². The van der Waals surface area contributed by atoms with Gasteiger partial charge in [0.15, 0.2) is 0 Å². The first-order valence-electron chi connectivity index (χ1n) is 7.94. The van der Waals surface area contributed by atoms with E-state index in [0.717, 1.165) is 18.9 Å². The van der Waals surface area contributed by atoms with E-state index in [9.17, 15) is 0 Å². The van der Waals surface area contributed by atoms with E-state index >= 15 is 0 Å². The van der Waals surface area contributed by atoms with Crippen molar-refractivity contribution in [1.29, 1.82) is 0 Å². The van der Waals surface area contributed by atoms with Gasteiger partial charge in [0.1, 0.15) is 0 Å². The molecule has 20 heavy (non-hydrogen) atoms. The molecule has 1 aromatic carbocycles. The summed E-state index contributed by atoms with van der Waals surface area (Å²) in [5.41, 5.74) is 3.36. The Bertz CT molecular complexity index is 410. The summed E-state index contributed by atoms with van der Waals surface area (Å²) in [6.07, 6.45) is 2.33. The lowest BCUT2D eigenvalue weighted by Gasteiger charge is -2.29. The predicted molar refractivity (Wildman–Crippen MR) is 90.4 cm³/mol. The fourth-order valence-electron chi connectivity index (χ4n) is 2.49. The molecule has 0 aliphatic heterocycles. The van der Waals surface area contributed by atoms with Crippen LogP contribution in [0.25, 0.3) is 0 Å². The van der Waals surface area contributed by atoms with Gasteiger partial charge in [-0.2, -0.15) is 0 Å². The van der Waals surface area contributed by atoms with Crippen molar-refractivity contribution in [3.05, 3.63) is 35.4 Å². The smallest absolute Gasteiger partial charge is 0.00965 e. The lowest BCUT2D eigenvalue weighted by atomic mass is 9.80. The number of hydrogen-bond donors (Lipinski definition) is 1. The molecule has 0 aromatic heterocycles. The molecule has 0 radical (unpaired) electrons.